The fourth-order valence-electron chi connectivity index (χ4n) is 7.07. The highest BCUT2D eigenvalue weighted by Gasteiger charge is 2.11. The van der Waals surface area contributed by atoms with Gasteiger partial charge in [-0.1, -0.05) is 97.1 Å². The quantitative estimate of drug-likeness (QED) is 0.145. The summed E-state index contributed by atoms with van der Waals surface area (Å²) < 4.78 is 8.95. The van der Waals surface area contributed by atoms with E-state index >= 15 is 0 Å². The lowest BCUT2D eigenvalue weighted by Crippen LogP contribution is -2.33. The van der Waals surface area contributed by atoms with Crippen LogP contribution < -0.4 is 18.3 Å². The standard InChI is InChI=1S/C48H40N4/c1-9-41-10-2-37(1)33-49-25-17-45(18-26-49)46-19-27-51(28-20-46)35-39-5-13-43(14-6-39)44-15-7-40(8-16-44)36-52-31-23-48(24-32-52)47-21-29-50(30-22-47)34-38-3-11-42(41)12-4-38/h1-32H,33-36H2/q+4. The molecule has 52 heavy (non-hydrogen) atoms. The van der Waals surface area contributed by atoms with Crippen molar-refractivity contribution >= 4 is 0 Å². The summed E-state index contributed by atoms with van der Waals surface area (Å²) in [6, 6.07) is 53.4. The van der Waals surface area contributed by atoms with E-state index in [0.29, 0.717) is 0 Å². The molecule has 0 spiro atoms. The molecule has 0 aliphatic carbocycles. The summed E-state index contributed by atoms with van der Waals surface area (Å²) in [4.78, 5) is 0. The van der Waals surface area contributed by atoms with E-state index in [9.17, 15) is 0 Å². The summed E-state index contributed by atoms with van der Waals surface area (Å²) in [5, 5.41) is 0. The molecule has 4 aromatic heterocycles. The first-order valence-corrected chi connectivity index (χ1v) is 18.0. The van der Waals surface area contributed by atoms with Gasteiger partial charge in [0.1, 0.15) is 0 Å². The molecule has 8 aromatic rings. The van der Waals surface area contributed by atoms with Crippen LogP contribution in [0.4, 0.5) is 0 Å². The van der Waals surface area contributed by atoms with Gasteiger partial charge in [0.2, 0.25) is 0 Å². The highest BCUT2D eigenvalue weighted by Crippen LogP contribution is 2.23. The van der Waals surface area contributed by atoms with Gasteiger partial charge in [-0.3, -0.25) is 0 Å². The number of pyridine rings is 4. The Morgan fingerprint density at radius 1 is 0.192 bits per heavy atom. The number of aromatic nitrogens is 4. The summed E-state index contributed by atoms with van der Waals surface area (Å²) in [7, 11) is 0. The highest BCUT2D eigenvalue weighted by atomic mass is 14.9. The van der Waals surface area contributed by atoms with Crippen molar-refractivity contribution < 1.29 is 18.3 Å². The molecule has 0 amide bonds. The van der Waals surface area contributed by atoms with Crippen LogP contribution in [0.1, 0.15) is 22.3 Å². The number of benzene rings is 4. The van der Waals surface area contributed by atoms with Gasteiger partial charge in [-0.2, -0.15) is 0 Å². The molecule has 0 saturated carbocycles. The molecule has 22 aliphatic heterocycles. The van der Waals surface area contributed by atoms with Crippen LogP contribution in [0.15, 0.2) is 195 Å². The third-order valence-corrected chi connectivity index (χ3v) is 10.2. The van der Waals surface area contributed by atoms with Crippen LogP contribution in [-0.2, 0) is 26.2 Å². The largest absolute Gasteiger partial charge is 0.201 e. The van der Waals surface area contributed by atoms with Gasteiger partial charge < -0.3 is 0 Å². The molecular weight excluding hydrogens is 633 g/mol. The van der Waals surface area contributed by atoms with Crippen molar-refractivity contribution in [3.05, 3.63) is 217 Å². The lowest BCUT2D eigenvalue weighted by molar-refractivity contribution is -0.688. The molecule has 4 nitrogen and oxygen atoms in total. The Morgan fingerprint density at radius 2 is 0.346 bits per heavy atom. The van der Waals surface area contributed by atoms with E-state index in [-0.39, 0.29) is 0 Å². The minimum atomic E-state index is 0.832. The van der Waals surface area contributed by atoms with Gasteiger partial charge in [0.15, 0.2) is 75.8 Å². The van der Waals surface area contributed by atoms with Crippen LogP contribution in [0.2, 0.25) is 0 Å². The van der Waals surface area contributed by atoms with Crippen LogP contribution in [0.25, 0.3) is 44.5 Å². The van der Waals surface area contributed by atoms with Gasteiger partial charge in [0.05, 0.1) is 0 Å². The van der Waals surface area contributed by atoms with Gasteiger partial charge in [-0.15, -0.1) is 0 Å². The van der Waals surface area contributed by atoms with Crippen LogP contribution >= 0.6 is 0 Å². The molecule has 16 bridgehead atoms. The maximum atomic E-state index is 2.24. The first-order valence-electron chi connectivity index (χ1n) is 18.0. The fourth-order valence-corrected chi connectivity index (χ4v) is 7.07. The van der Waals surface area contributed by atoms with E-state index in [0.717, 1.165) is 26.2 Å². The van der Waals surface area contributed by atoms with Crippen molar-refractivity contribution in [1.29, 1.82) is 0 Å². The highest BCUT2D eigenvalue weighted by molar-refractivity contribution is 5.65. The molecule has 22 aliphatic rings. The average Bonchev–Trinajstić information content (AvgIpc) is 3.20. The van der Waals surface area contributed by atoms with Crippen molar-refractivity contribution in [3.8, 4) is 44.5 Å². The maximum Gasteiger partial charge on any atom is 0.173 e. The first kappa shape index (κ1) is 31.5. The smallest absolute Gasteiger partial charge is 0.173 e. The molecule has 0 unspecified atom stereocenters. The zero-order chi connectivity index (χ0) is 34.7. The Kier molecular flexibility index (Phi) is 8.47. The molecule has 4 aromatic carbocycles. The Hall–Kier alpha value is -6.52. The average molecular weight is 673 g/mol. The lowest BCUT2D eigenvalue weighted by Gasteiger charge is -2.06. The van der Waals surface area contributed by atoms with Gasteiger partial charge >= 0.3 is 0 Å². The van der Waals surface area contributed by atoms with Crippen molar-refractivity contribution in [2.24, 2.45) is 0 Å². The second-order valence-electron chi connectivity index (χ2n) is 13.8. The molecule has 0 saturated heterocycles. The molecule has 26 heterocycles. The zero-order valence-corrected chi connectivity index (χ0v) is 29.1. The molecular formula is C48H40N4+4. The lowest BCUT2D eigenvalue weighted by atomic mass is 10.0. The van der Waals surface area contributed by atoms with Crippen molar-refractivity contribution in [1.82, 2.24) is 0 Å². The van der Waals surface area contributed by atoms with Gasteiger partial charge in [0, 0.05) is 70.8 Å². The number of hydrogen-bond donors (Lipinski definition) is 0. The maximum absolute atomic E-state index is 2.24. The molecule has 0 N–H and O–H groups in total. The molecule has 248 valence electrons. The molecule has 0 radical (unpaired) electrons. The molecule has 4 heteroatoms. The molecule has 30 rings (SSSR count). The van der Waals surface area contributed by atoms with Crippen molar-refractivity contribution in [3.63, 3.8) is 0 Å². The van der Waals surface area contributed by atoms with Crippen LogP contribution in [0.5, 0.6) is 0 Å². The first-order chi connectivity index (χ1) is 25.7. The van der Waals surface area contributed by atoms with Gasteiger partial charge in [0.25, 0.3) is 0 Å². The molecule has 0 atom stereocenters. The summed E-state index contributed by atoms with van der Waals surface area (Å²) in [6.07, 6.45) is 17.4. The summed E-state index contributed by atoms with van der Waals surface area (Å²) in [5.74, 6) is 0. The van der Waals surface area contributed by atoms with Crippen molar-refractivity contribution in [2.45, 2.75) is 26.2 Å². The predicted molar refractivity (Wildman–Crippen MR) is 205 cm³/mol. The summed E-state index contributed by atoms with van der Waals surface area (Å²) in [6.45, 7) is 3.33. The third kappa shape index (κ3) is 7.05. The Balaban J connectivity index is 0.985. The SMILES string of the molecule is c1cc2ccc1C[n+]1ccc(cc1)-c1cc[n+](cc1)Cc1ccc(cc1)-c1ccc(cc1)C[n+]1ccc(cc1)-c1cc[n+](cc1)Cc1ccc-2cc1. The van der Waals surface area contributed by atoms with E-state index in [4.69, 9.17) is 0 Å². The third-order valence-electron chi connectivity index (χ3n) is 10.2. The second-order valence-corrected chi connectivity index (χ2v) is 13.8. The fraction of sp³-hybridized carbons (Fsp3) is 0.0833. The van der Waals surface area contributed by atoms with Gasteiger partial charge in [-0.25, -0.2) is 18.3 Å². The monoisotopic (exact) mass is 672 g/mol. The Labute approximate surface area is 305 Å². The zero-order valence-electron chi connectivity index (χ0n) is 29.1. The summed E-state index contributed by atoms with van der Waals surface area (Å²) in [5.41, 5.74) is 14.9. The van der Waals surface area contributed by atoms with Crippen LogP contribution in [0.3, 0.4) is 0 Å². The Morgan fingerprint density at radius 3 is 0.519 bits per heavy atom. The van der Waals surface area contributed by atoms with E-state index < -0.39 is 0 Å². The van der Waals surface area contributed by atoms with Crippen LogP contribution in [-0.4, -0.2) is 0 Å². The van der Waals surface area contributed by atoms with E-state index in [1.165, 1.54) is 66.8 Å². The topological polar surface area (TPSA) is 15.5 Å². The number of nitrogens with zero attached hydrogens (tertiary/aromatic N) is 4. The minimum absolute atomic E-state index is 0.832. The normalized spacial score (nSPS) is 12.3. The molecule has 0 fully saturated rings. The van der Waals surface area contributed by atoms with E-state index in [1.807, 2.05) is 0 Å². The number of rotatable bonds is 0. The van der Waals surface area contributed by atoms with Gasteiger partial charge in [-0.05, 0) is 44.5 Å². The van der Waals surface area contributed by atoms with Crippen LogP contribution in [0, 0.1) is 0 Å². The number of hydrogen-bond acceptors (Lipinski definition) is 0. The van der Waals surface area contributed by atoms with E-state index in [1.54, 1.807) is 0 Å². The Bertz CT molecular complexity index is 1880. The summed E-state index contributed by atoms with van der Waals surface area (Å²) >= 11 is 0. The second kappa shape index (κ2) is 14.0. The minimum Gasteiger partial charge on any atom is -0.201 e. The predicted octanol–water partition coefficient (Wildman–Crippen LogP) is 8.01. The van der Waals surface area contributed by atoms with E-state index in [2.05, 4.69) is 213 Å². The van der Waals surface area contributed by atoms with Crippen molar-refractivity contribution in [2.75, 3.05) is 0 Å².